The first-order valence-corrected chi connectivity index (χ1v) is 6.61. The van der Waals surface area contributed by atoms with Gasteiger partial charge in [0.25, 0.3) is 5.69 Å². The Labute approximate surface area is 129 Å². The van der Waals surface area contributed by atoms with E-state index in [0.717, 1.165) is 6.07 Å². The van der Waals surface area contributed by atoms with Crippen LogP contribution in [-0.4, -0.2) is 26.1 Å². The van der Waals surface area contributed by atoms with Crippen LogP contribution in [0.15, 0.2) is 42.5 Å². The summed E-state index contributed by atoms with van der Waals surface area (Å²) in [6.07, 6.45) is 0. The average Bonchev–Trinajstić information content (AvgIpc) is 2.53. The lowest BCUT2D eigenvalue weighted by molar-refractivity contribution is -0.384. The Balaban J connectivity index is 2.15. The number of nitrogens with zero attached hydrogens (tertiary/aromatic N) is 4. The zero-order valence-corrected chi connectivity index (χ0v) is 12.0. The van der Waals surface area contributed by atoms with Crippen molar-refractivity contribution in [1.82, 2.24) is 15.2 Å². The predicted molar refractivity (Wildman–Crippen MR) is 80.7 cm³/mol. The first kappa shape index (κ1) is 14.5. The van der Waals surface area contributed by atoms with Crippen molar-refractivity contribution in [2.45, 2.75) is 6.92 Å². The molecule has 0 radical (unpaired) electrons. The first-order chi connectivity index (χ1) is 11.0. The lowest BCUT2D eigenvalue weighted by atomic mass is 10.1. The molecule has 8 nitrogen and oxygen atoms in total. The summed E-state index contributed by atoms with van der Waals surface area (Å²) < 4.78 is 5.05. The van der Waals surface area contributed by atoms with E-state index in [-0.39, 0.29) is 17.3 Å². The van der Waals surface area contributed by atoms with Gasteiger partial charge in [0.1, 0.15) is 11.3 Å². The van der Waals surface area contributed by atoms with Crippen LogP contribution in [0.3, 0.4) is 0 Å². The quantitative estimate of drug-likeness (QED) is 0.316. The number of para-hydroxylation sites is 1. The number of fused-ring (bicyclic) bond motifs is 1. The number of esters is 1. The zero-order chi connectivity index (χ0) is 16.4. The van der Waals surface area contributed by atoms with Crippen LogP contribution >= 0.6 is 0 Å². The molecule has 0 saturated heterocycles. The Kier molecular flexibility index (Phi) is 3.63. The van der Waals surface area contributed by atoms with Gasteiger partial charge in [-0.05, 0) is 18.2 Å². The Bertz CT molecular complexity index is 926. The number of ether oxygens (including phenoxy) is 1. The van der Waals surface area contributed by atoms with Gasteiger partial charge < -0.3 is 4.74 Å². The standard InChI is InChI=1S/C15H10N4O4/c1-9(20)23-14-8-10(19(21)22)6-7-11(14)15-16-12-4-2-3-5-13(12)17-18-15/h2-8H,1H3. The van der Waals surface area contributed by atoms with Crippen LogP contribution < -0.4 is 4.74 Å². The second-order valence-corrected chi connectivity index (χ2v) is 4.66. The van der Waals surface area contributed by atoms with Crippen molar-refractivity contribution in [2.24, 2.45) is 0 Å². The molecule has 0 spiro atoms. The smallest absolute Gasteiger partial charge is 0.308 e. The van der Waals surface area contributed by atoms with Crippen LogP contribution in [0.4, 0.5) is 5.69 Å². The molecular formula is C15H10N4O4. The third-order valence-corrected chi connectivity index (χ3v) is 3.03. The molecule has 3 aromatic rings. The van der Waals surface area contributed by atoms with Gasteiger partial charge in [0.15, 0.2) is 5.82 Å². The molecule has 23 heavy (non-hydrogen) atoms. The molecule has 0 amide bonds. The maximum atomic E-state index is 11.2. The van der Waals surface area contributed by atoms with Gasteiger partial charge in [0, 0.05) is 13.0 Å². The van der Waals surface area contributed by atoms with E-state index in [1.165, 1.54) is 19.1 Å². The van der Waals surface area contributed by atoms with Crippen molar-refractivity contribution in [2.75, 3.05) is 0 Å². The first-order valence-electron chi connectivity index (χ1n) is 6.61. The van der Waals surface area contributed by atoms with E-state index in [9.17, 15) is 14.9 Å². The number of carbonyl (C=O) groups excluding carboxylic acids is 1. The minimum atomic E-state index is -0.597. The zero-order valence-electron chi connectivity index (χ0n) is 12.0. The third-order valence-electron chi connectivity index (χ3n) is 3.03. The number of nitro benzene ring substituents is 1. The number of rotatable bonds is 3. The lowest BCUT2D eigenvalue weighted by Gasteiger charge is -2.07. The molecule has 0 bridgehead atoms. The van der Waals surface area contributed by atoms with Crippen molar-refractivity contribution in [3.63, 3.8) is 0 Å². The van der Waals surface area contributed by atoms with Gasteiger partial charge >= 0.3 is 5.97 Å². The highest BCUT2D eigenvalue weighted by Crippen LogP contribution is 2.31. The van der Waals surface area contributed by atoms with E-state index in [1.54, 1.807) is 12.1 Å². The molecule has 0 saturated carbocycles. The number of benzene rings is 2. The monoisotopic (exact) mass is 310 g/mol. The van der Waals surface area contributed by atoms with Gasteiger partial charge in [-0.15, -0.1) is 10.2 Å². The molecule has 0 fully saturated rings. The number of carbonyl (C=O) groups is 1. The average molecular weight is 310 g/mol. The molecule has 1 heterocycles. The molecule has 114 valence electrons. The van der Waals surface area contributed by atoms with Gasteiger partial charge in [0.2, 0.25) is 0 Å². The second kappa shape index (κ2) is 5.76. The van der Waals surface area contributed by atoms with E-state index in [4.69, 9.17) is 4.74 Å². The highest BCUT2D eigenvalue weighted by Gasteiger charge is 2.17. The molecule has 0 unspecified atom stereocenters. The van der Waals surface area contributed by atoms with E-state index in [0.29, 0.717) is 16.6 Å². The number of hydrogen-bond donors (Lipinski definition) is 0. The molecular weight excluding hydrogens is 300 g/mol. The van der Waals surface area contributed by atoms with Crippen LogP contribution in [0.1, 0.15) is 6.92 Å². The summed E-state index contributed by atoms with van der Waals surface area (Å²) in [6.45, 7) is 1.21. The molecule has 8 heteroatoms. The van der Waals surface area contributed by atoms with Gasteiger partial charge in [-0.25, -0.2) is 4.98 Å². The molecule has 2 aromatic carbocycles. The van der Waals surface area contributed by atoms with Crippen molar-refractivity contribution < 1.29 is 14.5 Å². The number of hydrogen-bond acceptors (Lipinski definition) is 7. The maximum Gasteiger partial charge on any atom is 0.308 e. The Morgan fingerprint density at radius 1 is 1.13 bits per heavy atom. The summed E-state index contributed by atoms with van der Waals surface area (Å²) in [4.78, 5) is 25.9. The fourth-order valence-electron chi connectivity index (χ4n) is 2.04. The molecule has 0 N–H and O–H groups in total. The normalized spacial score (nSPS) is 10.5. The van der Waals surface area contributed by atoms with Gasteiger partial charge in [-0.2, -0.15) is 0 Å². The molecule has 0 aliphatic rings. The van der Waals surface area contributed by atoms with Crippen molar-refractivity contribution >= 4 is 22.7 Å². The lowest BCUT2D eigenvalue weighted by Crippen LogP contribution is -2.05. The van der Waals surface area contributed by atoms with Gasteiger partial charge in [-0.3, -0.25) is 14.9 Å². The van der Waals surface area contributed by atoms with E-state index >= 15 is 0 Å². The topological polar surface area (TPSA) is 108 Å². The highest BCUT2D eigenvalue weighted by atomic mass is 16.6. The number of nitro groups is 1. The van der Waals surface area contributed by atoms with Crippen LogP contribution in [0, 0.1) is 10.1 Å². The fraction of sp³-hybridized carbons (Fsp3) is 0.0667. The number of non-ortho nitro benzene ring substituents is 1. The third kappa shape index (κ3) is 2.95. The van der Waals surface area contributed by atoms with Crippen LogP contribution in [0.25, 0.3) is 22.4 Å². The minimum absolute atomic E-state index is 0.0174. The predicted octanol–water partition coefficient (Wildman–Crippen LogP) is 2.53. The second-order valence-electron chi connectivity index (χ2n) is 4.66. The number of aromatic nitrogens is 3. The Morgan fingerprint density at radius 3 is 2.57 bits per heavy atom. The molecule has 3 rings (SSSR count). The summed E-state index contributed by atoms with van der Waals surface area (Å²) in [7, 11) is 0. The van der Waals surface area contributed by atoms with Gasteiger partial charge in [0.05, 0.1) is 22.1 Å². The fourth-order valence-corrected chi connectivity index (χ4v) is 2.04. The minimum Gasteiger partial charge on any atom is -0.426 e. The Morgan fingerprint density at radius 2 is 1.87 bits per heavy atom. The van der Waals surface area contributed by atoms with E-state index in [2.05, 4.69) is 15.2 Å². The van der Waals surface area contributed by atoms with Crippen LogP contribution in [-0.2, 0) is 4.79 Å². The van der Waals surface area contributed by atoms with Crippen molar-refractivity contribution in [3.05, 3.63) is 52.6 Å². The maximum absolute atomic E-state index is 11.2. The van der Waals surface area contributed by atoms with Crippen LogP contribution in [0.5, 0.6) is 5.75 Å². The summed E-state index contributed by atoms with van der Waals surface area (Å²) >= 11 is 0. The van der Waals surface area contributed by atoms with Crippen LogP contribution in [0.2, 0.25) is 0 Å². The van der Waals surface area contributed by atoms with Gasteiger partial charge in [-0.1, -0.05) is 12.1 Å². The van der Waals surface area contributed by atoms with Crippen molar-refractivity contribution in [1.29, 1.82) is 0 Å². The van der Waals surface area contributed by atoms with E-state index < -0.39 is 10.9 Å². The SMILES string of the molecule is CC(=O)Oc1cc([N+](=O)[O-])ccc1-c1nnc2ccccc2n1. The summed E-state index contributed by atoms with van der Waals surface area (Å²) in [5.74, 6) is -0.362. The summed E-state index contributed by atoms with van der Waals surface area (Å²) in [5, 5.41) is 18.9. The largest absolute Gasteiger partial charge is 0.426 e. The van der Waals surface area contributed by atoms with E-state index in [1.807, 2.05) is 12.1 Å². The molecule has 0 aliphatic heterocycles. The molecule has 0 aliphatic carbocycles. The molecule has 1 aromatic heterocycles. The Hall–Kier alpha value is -3.42. The van der Waals surface area contributed by atoms with Crippen molar-refractivity contribution in [3.8, 4) is 17.1 Å². The molecule has 0 atom stereocenters. The highest BCUT2D eigenvalue weighted by molar-refractivity contribution is 5.78. The summed E-state index contributed by atoms with van der Waals surface area (Å²) in [6, 6.07) is 11.0. The summed E-state index contributed by atoms with van der Waals surface area (Å²) in [5.41, 5.74) is 1.39.